The number of esters is 1. The second kappa shape index (κ2) is 7.46. The Balaban J connectivity index is 2.03. The first-order chi connectivity index (χ1) is 10.9. The van der Waals surface area contributed by atoms with Crippen molar-refractivity contribution in [2.75, 3.05) is 6.61 Å². The van der Waals surface area contributed by atoms with Crippen LogP contribution in [0.2, 0.25) is 0 Å². The molecule has 5 nitrogen and oxygen atoms in total. The number of hydrogen-bond acceptors (Lipinski definition) is 4. The van der Waals surface area contributed by atoms with E-state index in [-0.39, 0.29) is 10.9 Å². The lowest BCUT2D eigenvalue weighted by molar-refractivity contribution is -0.143. The lowest BCUT2D eigenvalue weighted by Crippen LogP contribution is -2.10. The van der Waals surface area contributed by atoms with Crippen LogP contribution in [0.5, 0.6) is 0 Å². The van der Waals surface area contributed by atoms with E-state index in [4.69, 9.17) is 4.74 Å². The molecule has 0 unspecified atom stereocenters. The highest BCUT2D eigenvalue weighted by molar-refractivity contribution is 7.90. The SMILES string of the molecule is CCOC(=O)CCCc1ccn(S(=O)(=O)c2ccc(C)cc2)c1. The lowest BCUT2D eigenvalue weighted by Gasteiger charge is -2.06. The molecule has 0 amide bonds. The first kappa shape index (κ1) is 17.3. The summed E-state index contributed by atoms with van der Waals surface area (Å²) in [7, 11) is -3.56. The van der Waals surface area contributed by atoms with Crippen LogP contribution in [0.4, 0.5) is 0 Å². The molecule has 0 saturated heterocycles. The zero-order valence-corrected chi connectivity index (χ0v) is 14.2. The standard InChI is InChI=1S/C17H21NO4S/c1-3-22-17(19)6-4-5-15-11-12-18(13-15)23(20,21)16-9-7-14(2)8-10-16/h7-13H,3-6H2,1-2H3. The summed E-state index contributed by atoms with van der Waals surface area (Å²) in [6, 6.07) is 8.51. The highest BCUT2D eigenvalue weighted by Gasteiger charge is 2.16. The third-order valence-electron chi connectivity index (χ3n) is 3.48. The van der Waals surface area contributed by atoms with E-state index in [0.29, 0.717) is 25.9 Å². The highest BCUT2D eigenvalue weighted by atomic mass is 32.2. The van der Waals surface area contributed by atoms with Crippen LogP contribution in [0.15, 0.2) is 47.6 Å². The second-order valence-electron chi connectivity index (χ2n) is 5.33. The summed E-state index contributed by atoms with van der Waals surface area (Å²) in [6.07, 6.45) is 4.74. The molecule has 0 spiro atoms. The van der Waals surface area contributed by atoms with Crippen LogP contribution in [0.3, 0.4) is 0 Å². The average Bonchev–Trinajstić information content (AvgIpc) is 2.97. The van der Waals surface area contributed by atoms with Crippen molar-refractivity contribution in [1.82, 2.24) is 3.97 Å². The van der Waals surface area contributed by atoms with Gasteiger partial charge >= 0.3 is 5.97 Å². The molecule has 1 aromatic carbocycles. The number of ether oxygens (including phenoxy) is 1. The van der Waals surface area contributed by atoms with Crippen molar-refractivity contribution in [2.24, 2.45) is 0 Å². The molecule has 0 saturated carbocycles. The van der Waals surface area contributed by atoms with E-state index in [2.05, 4.69) is 0 Å². The fraction of sp³-hybridized carbons (Fsp3) is 0.353. The summed E-state index contributed by atoms with van der Waals surface area (Å²) in [4.78, 5) is 11.5. The van der Waals surface area contributed by atoms with Crippen molar-refractivity contribution in [3.05, 3.63) is 53.9 Å². The number of rotatable bonds is 7. The van der Waals surface area contributed by atoms with E-state index in [1.54, 1.807) is 43.5 Å². The van der Waals surface area contributed by atoms with Crippen LogP contribution in [-0.4, -0.2) is 25.0 Å². The molecule has 0 atom stereocenters. The Morgan fingerprint density at radius 3 is 2.52 bits per heavy atom. The smallest absolute Gasteiger partial charge is 0.305 e. The van der Waals surface area contributed by atoms with Crippen LogP contribution < -0.4 is 0 Å². The summed E-state index contributed by atoms with van der Waals surface area (Å²) in [5, 5.41) is 0. The van der Waals surface area contributed by atoms with Crippen molar-refractivity contribution in [3.8, 4) is 0 Å². The van der Waals surface area contributed by atoms with Crippen LogP contribution in [0, 0.1) is 6.92 Å². The maximum Gasteiger partial charge on any atom is 0.305 e. The summed E-state index contributed by atoms with van der Waals surface area (Å²) >= 11 is 0. The fourth-order valence-corrected chi connectivity index (χ4v) is 3.44. The largest absolute Gasteiger partial charge is 0.466 e. The fourth-order valence-electron chi connectivity index (χ4n) is 2.22. The molecule has 0 bridgehead atoms. The Morgan fingerprint density at radius 2 is 1.87 bits per heavy atom. The zero-order valence-electron chi connectivity index (χ0n) is 13.4. The topological polar surface area (TPSA) is 65.4 Å². The first-order valence-corrected chi connectivity index (χ1v) is 9.02. The molecule has 0 radical (unpaired) electrons. The minimum atomic E-state index is -3.56. The van der Waals surface area contributed by atoms with Gasteiger partial charge in [-0.1, -0.05) is 17.7 Å². The van der Waals surface area contributed by atoms with Gasteiger partial charge < -0.3 is 4.74 Å². The second-order valence-corrected chi connectivity index (χ2v) is 7.17. The Kier molecular flexibility index (Phi) is 5.60. The zero-order chi connectivity index (χ0) is 16.9. The predicted molar refractivity (Wildman–Crippen MR) is 87.8 cm³/mol. The van der Waals surface area contributed by atoms with Crippen LogP contribution in [-0.2, 0) is 26.0 Å². The van der Waals surface area contributed by atoms with Crippen LogP contribution >= 0.6 is 0 Å². The molecule has 0 aliphatic heterocycles. The van der Waals surface area contributed by atoms with E-state index in [9.17, 15) is 13.2 Å². The highest BCUT2D eigenvalue weighted by Crippen LogP contribution is 2.17. The van der Waals surface area contributed by atoms with Gasteiger partial charge in [0.1, 0.15) is 0 Å². The molecule has 23 heavy (non-hydrogen) atoms. The van der Waals surface area contributed by atoms with Crippen molar-refractivity contribution in [2.45, 2.75) is 38.0 Å². The number of hydrogen-bond donors (Lipinski definition) is 0. The van der Waals surface area contributed by atoms with Gasteiger partial charge in [-0.05, 0) is 50.5 Å². The molecule has 2 rings (SSSR count). The lowest BCUT2D eigenvalue weighted by atomic mass is 10.1. The van der Waals surface area contributed by atoms with Gasteiger partial charge in [0.15, 0.2) is 0 Å². The van der Waals surface area contributed by atoms with Crippen LogP contribution in [0.1, 0.15) is 30.9 Å². The van der Waals surface area contributed by atoms with E-state index in [1.807, 2.05) is 6.92 Å². The van der Waals surface area contributed by atoms with Crippen molar-refractivity contribution < 1.29 is 17.9 Å². The Bertz CT molecular complexity index is 760. The van der Waals surface area contributed by atoms with Gasteiger partial charge in [-0.15, -0.1) is 0 Å². The number of carbonyl (C=O) groups is 1. The molecule has 124 valence electrons. The molecule has 0 fully saturated rings. The summed E-state index contributed by atoms with van der Waals surface area (Å²) in [5.74, 6) is -0.223. The molecule has 2 aromatic rings. The first-order valence-electron chi connectivity index (χ1n) is 7.58. The van der Waals surface area contributed by atoms with Gasteiger partial charge in [0.2, 0.25) is 0 Å². The molecule has 1 aromatic heterocycles. The number of nitrogens with zero attached hydrogens (tertiary/aromatic N) is 1. The van der Waals surface area contributed by atoms with Gasteiger partial charge in [0.05, 0.1) is 11.5 Å². The van der Waals surface area contributed by atoms with Gasteiger partial charge in [-0.2, -0.15) is 0 Å². The van der Waals surface area contributed by atoms with E-state index in [0.717, 1.165) is 11.1 Å². The van der Waals surface area contributed by atoms with Crippen molar-refractivity contribution in [3.63, 3.8) is 0 Å². The molecule has 0 aliphatic rings. The molecule has 0 aliphatic carbocycles. The Morgan fingerprint density at radius 1 is 1.17 bits per heavy atom. The summed E-state index contributed by atoms with van der Waals surface area (Å²) in [6.45, 7) is 4.06. The number of aromatic nitrogens is 1. The minimum Gasteiger partial charge on any atom is -0.466 e. The van der Waals surface area contributed by atoms with Crippen LogP contribution in [0.25, 0.3) is 0 Å². The maximum absolute atomic E-state index is 12.5. The molecule has 0 N–H and O–H groups in total. The summed E-state index contributed by atoms with van der Waals surface area (Å²) in [5.41, 5.74) is 1.89. The molecular formula is C17H21NO4S. The van der Waals surface area contributed by atoms with Crippen molar-refractivity contribution in [1.29, 1.82) is 0 Å². The molecule has 1 heterocycles. The normalized spacial score (nSPS) is 11.4. The van der Waals surface area contributed by atoms with Gasteiger partial charge in [0, 0.05) is 18.8 Å². The number of benzene rings is 1. The number of carbonyl (C=O) groups excluding carboxylic acids is 1. The van der Waals surface area contributed by atoms with Gasteiger partial charge in [-0.25, -0.2) is 12.4 Å². The van der Waals surface area contributed by atoms with E-state index >= 15 is 0 Å². The Hall–Kier alpha value is -2.08. The molecular weight excluding hydrogens is 314 g/mol. The molecule has 6 heteroatoms. The van der Waals surface area contributed by atoms with E-state index < -0.39 is 10.0 Å². The quantitative estimate of drug-likeness (QED) is 0.730. The number of aryl methyl sites for hydroxylation is 2. The third-order valence-corrected chi connectivity index (χ3v) is 5.13. The minimum absolute atomic E-state index is 0.223. The van der Waals surface area contributed by atoms with E-state index in [1.165, 1.54) is 10.2 Å². The van der Waals surface area contributed by atoms with Crippen molar-refractivity contribution >= 4 is 16.0 Å². The Labute approximate surface area is 136 Å². The maximum atomic E-state index is 12.5. The average molecular weight is 335 g/mol. The van der Waals surface area contributed by atoms with Gasteiger partial charge in [-0.3, -0.25) is 4.79 Å². The summed E-state index contributed by atoms with van der Waals surface area (Å²) < 4.78 is 31.1. The monoisotopic (exact) mass is 335 g/mol. The predicted octanol–water partition coefficient (Wildman–Crippen LogP) is 2.92. The third kappa shape index (κ3) is 4.45. The van der Waals surface area contributed by atoms with Gasteiger partial charge in [0.25, 0.3) is 10.0 Å².